The maximum atomic E-state index is 13.6. The number of thiazole rings is 1. The molecule has 0 atom stereocenters. The number of amides is 1. The Kier molecular flexibility index (Phi) is 9.31. The van der Waals surface area contributed by atoms with Gasteiger partial charge in [-0.3, -0.25) is 9.69 Å². The number of aromatic nitrogens is 1. The first kappa shape index (κ1) is 28.3. The van der Waals surface area contributed by atoms with Crippen LogP contribution in [0.25, 0.3) is 10.2 Å². The van der Waals surface area contributed by atoms with E-state index in [9.17, 15) is 13.2 Å². The zero-order chi connectivity index (χ0) is 25.2. The second-order valence-electron chi connectivity index (χ2n) is 8.56. The van der Waals surface area contributed by atoms with Crippen LogP contribution in [0.4, 0.5) is 5.13 Å². The normalized spacial score (nSPS) is 14.6. The molecule has 1 fully saturated rings. The summed E-state index contributed by atoms with van der Waals surface area (Å²) in [7, 11) is 1.86. The Morgan fingerprint density at radius 1 is 1.11 bits per heavy atom. The van der Waals surface area contributed by atoms with Crippen LogP contribution in [-0.2, 0) is 14.8 Å². The topological polar surface area (TPSA) is 92.3 Å². The van der Waals surface area contributed by atoms with E-state index in [0.717, 1.165) is 15.8 Å². The maximum absolute atomic E-state index is 13.6. The lowest BCUT2D eigenvalue weighted by atomic mass is 10.2. The number of carbonyl (C=O) groups is 1. The number of carbonyl (C=O) groups excluding carboxylic acids is 1. The van der Waals surface area contributed by atoms with E-state index in [-0.39, 0.29) is 23.2 Å². The Hall–Kier alpha value is -2.28. The van der Waals surface area contributed by atoms with Gasteiger partial charge in [-0.05, 0) is 56.9 Å². The number of morpholine rings is 1. The smallest absolute Gasteiger partial charge is 0.260 e. The number of hydrogen-bond acceptors (Lipinski definition) is 8. The van der Waals surface area contributed by atoms with E-state index in [1.807, 2.05) is 38.1 Å². The molecule has 0 saturated carbocycles. The molecule has 0 spiro atoms. The highest BCUT2D eigenvalue weighted by molar-refractivity contribution is 7.89. The predicted octanol–water partition coefficient (Wildman–Crippen LogP) is 3.26. The first-order valence-corrected chi connectivity index (χ1v) is 13.6. The number of methoxy groups -OCH3 is 1. The highest BCUT2D eigenvalue weighted by Gasteiger charge is 2.27. The number of nitrogens with zero attached hydrogens (tertiary/aromatic N) is 4. The van der Waals surface area contributed by atoms with Gasteiger partial charge in [-0.1, -0.05) is 17.4 Å². The zero-order valence-corrected chi connectivity index (χ0v) is 23.2. The first-order valence-electron chi connectivity index (χ1n) is 11.3. The van der Waals surface area contributed by atoms with E-state index in [1.165, 1.54) is 27.8 Å². The summed E-state index contributed by atoms with van der Waals surface area (Å²) in [5.74, 6) is 0.420. The summed E-state index contributed by atoms with van der Waals surface area (Å²) in [6.45, 7) is 4.47. The number of anilines is 1. The van der Waals surface area contributed by atoms with E-state index in [4.69, 9.17) is 14.5 Å². The van der Waals surface area contributed by atoms with Gasteiger partial charge in [0.15, 0.2) is 5.13 Å². The van der Waals surface area contributed by atoms with Gasteiger partial charge in [0.25, 0.3) is 5.91 Å². The van der Waals surface area contributed by atoms with Crippen molar-refractivity contribution >= 4 is 55.0 Å². The van der Waals surface area contributed by atoms with Crippen molar-refractivity contribution in [3.63, 3.8) is 0 Å². The lowest BCUT2D eigenvalue weighted by Crippen LogP contribution is -2.40. The molecule has 3 aromatic rings. The van der Waals surface area contributed by atoms with E-state index in [0.29, 0.717) is 55.8 Å². The molecule has 12 heteroatoms. The molecule has 36 heavy (non-hydrogen) atoms. The Balaban J connectivity index is 0.00000361. The van der Waals surface area contributed by atoms with Crippen molar-refractivity contribution in [2.75, 3.05) is 65.5 Å². The van der Waals surface area contributed by atoms with Crippen molar-refractivity contribution in [2.45, 2.75) is 11.8 Å². The monoisotopic (exact) mass is 554 g/mol. The number of likely N-dealkylation sites (N-methyl/N-ethyl adjacent to an activating group) is 1. The van der Waals surface area contributed by atoms with Crippen molar-refractivity contribution in [3.05, 3.63) is 47.5 Å². The van der Waals surface area contributed by atoms with Crippen LogP contribution in [0.15, 0.2) is 41.3 Å². The van der Waals surface area contributed by atoms with E-state index in [2.05, 4.69) is 0 Å². The summed E-state index contributed by atoms with van der Waals surface area (Å²) < 4.78 is 39.0. The minimum atomic E-state index is -3.63. The molecule has 9 nitrogen and oxygen atoms in total. The fourth-order valence-electron chi connectivity index (χ4n) is 3.82. The number of ether oxygens (including phenoxy) is 2. The number of benzene rings is 2. The largest absolute Gasteiger partial charge is 0.494 e. The molecule has 0 radical (unpaired) electrons. The molecule has 0 N–H and O–H groups in total. The van der Waals surface area contributed by atoms with Gasteiger partial charge in [0.1, 0.15) is 11.3 Å². The fourth-order valence-corrected chi connectivity index (χ4v) is 6.31. The van der Waals surface area contributed by atoms with Crippen LogP contribution < -0.4 is 9.64 Å². The van der Waals surface area contributed by atoms with Crippen molar-refractivity contribution in [1.29, 1.82) is 0 Å². The van der Waals surface area contributed by atoms with Crippen molar-refractivity contribution in [3.8, 4) is 5.75 Å². The summed E-state index contributed by atoms with van der Waals surface area (Å²) >= 11 is 1.44. The van der Waals surface area contributed by atoms with Crippen LogP contribution in [0, 0.1) is 6.92 Å². The minimum Gasteiger partial charge on any atom is -0.494 e. The highest BCUT2D eigenvalue weighted by Crippen LogP contribution is 2.36. The maximum Gasteiger partial charge on any atom is 0.260 e. The number of sulfonamides is 1. The van der Waals surface area contributed by atoms with Gasteiger partial charge in [-0.2, -0.15) is 4.31 Å². The van der Waals surface area contributed by atoms with Crippen LogP contribution >= 0.6 is 23.7 Å². The number of halogens is 1. The molecule has 0 unspecified atom stereocenters. The number of hydrogen-bond donors (Lipinski definition) is 0. The Morgan fingerprint density at radius 3 is 2.39 bits per heavy atom. The van der Waals surface area contributed by atoms with Gasteiger partial charge in [0, 0.05) is 31.7 Å². The van der Waals surface area contributed by atoms with E-state index in [1.54, 1.807) is 24.1 Å². The molecule has 1 saturated heterocycles. The third-order valence-corrected chi connectivity index (χ3v) is 8.99. The molecule has 196 valence electrons. The summed E-state index contributed by atoms with van der Waals surface area (Å²) in [6.07, 6.45) is 0. The average Bonchev–Trinajstić information content (AvgIpc) is 3.31. The molecule has 1 aliphatic heterocycles. The number of rotatable bonds is 8. The molecule has 1 aromatic heterocycles. The zero-order valence-electron chi connectivity index (χ0n) is 20.8. The van der Waals surface area contributed by atoms with Crippen molar-refractivity contribution in [1.82, 2.24) is 14.2 Å². The first-order chi connectivity index (χ1) is 16.7. The van der Waals surface area contributed by atoms with Crippen molar-refractivity contribution < 1.29 is 22.7 Å². The van der Waals surface area contributed by atoms with Gasteiger partial charge < -0.3 is 14.4 Å². The van der Waals surface area contributed by atoms with Crippen LogP contribution in [0.3, 0.4) is 0 Å². The molecule has 1 amide bonds. The quantitative estimate of drug-likeness (QED) is 0.422. The van der Waals surface area contributed by atoms with Gasteiger partial charge in [0.2, 0.25) is 10.0 Å². The van der Waals surface area contributed by atoms with Crippen LogP contribution in [-0.4, -0.2) is 89.1 Å². The number of aryl methyl sites for hydroxylation is 1. The van der Waals surface area contributed by atoms with Gasteiger partial charge in [-0.15, -0.1) is 12.4 Å². The van der Waals surface area contributed by atoms with Gasteiger partial charge in [0.05, 0.1) is 29.9 Å². The third kappa shape index (κ3) is 5.82. The van der Waals surface area contributed by atoms with Crippen molar-refractivity contribution in [2.24, 2.45) is 0 Å². The average molecular weight is 555 g/mol. The van der Waals surface area contributed by atoms with Gasteiger partial charge >= 0.3 is 0 Å². The van der Waals surface area contributed by atoms with E-state index < -0.39 is 10.0 Å². The van der Waals surface area contributed by atoms with Gasteiger partial charge in [-0.25, -0.2) is 13.4 Å². The molecule has 1 aliphatic rings. The molecule has 2 aromatic carbocycles. The standard InChI is InChI=1S/C24H30N4O5S2.ClH/c1-17-5-10-20(32-4)21-22(17)34-24(25-21)28(12-11-26(2)3)23(29)18-6-8-19(9-7-18)35(30,31)27-13-15-33-16-14-27;/h5-10H,11-16H2,1-4H3;1H. The third-order valence-electron chi connectivity index (χ3n) is 5.87. The second-order valence-corrected chi connectivity index (χ2v) is 11.5. The highest BCUT2D eigenvalue weighted by atomic mass is 35.5. The van der Waals surface area contributed by atoms with Crippen LogP contribution in [0.5, 0.6) is 5.75 Å². The molecular formula is C24H31ClN4O5S2. The van der Waals surface area contributed by atoms with Crippen LogP contribution in [0.1, 0.15) is 15.9 Å². The molecule has 4 rings (SSSR count). The molecule has 0 bridgehead atoms. The Morgan fingerprint density at radius 2 is 1.78 bits per heavy atom. The summed E-state index contributed by atoms with van der Waals surface area (Å²) in [4.78, 5) is 22.2. The van der Waals surface area contributed by atoms with E-state index >= 15 is 0 Å². The van der Waals surface area contributed by atoms with Crippen LogP contribution in [0.2, 0.25) is 0 Å². The summed E-state index contributed by atoms with van der Waals surface area (Å²) in [6, 6.07) is 9.97. The molecular weight excluding hydrogens is 524 g/mol. The lowest BCUT2D eigenvalue weighted by Gasteiger charge is -2.26. The number of fused-ring (bicyclic) bond motifs is 1. The second kappa shape index (κ2) is 11.8. The predicted molar refractivity (Wildman–Crippen MR) is 144 cm³/mol. The summed E-state index contributed by atoms with van der Waals surface area (Å²) in [5.41, 5.74) is 2.18. The Bertz CT molecular complexity index is 1310. The summed E-state index contributed by atoms with van der Waals surface area (Å²) in [5, 5.41) is 0.574. The molecule has 2 heterocycles. The Labute approximate surface area is 222 Å². The fraction of sp³-hybridized carbons (Fsp3) is 0.417. The lowest BCUT2D eigenvalue weighted by molar-refractivity contribution is 0.0730. The minimum absolute atomic E-state index is 0. The molecule has 0 aliphatic carbocycles. The SMILES string of the molecule is COc1ccc(C)c2sc(N(CCN(C)C)C(=O)c3ccc(S(=O)(=O)N4CCOCC4)cc3)nc12.Cl.